The Morgan fingerprint density at radius 2 is 2.31 bits per heavy atom. The van der Waals surface area contributed by atoms with E-state index in [-0.39, 0.29) is 0 Å². The van der Waals surface area contributed by atoms with Gasteiger partial charge in [-0.2, -0.15) is 0 Å². The summed E-state index contributed by atoms with van der Waals surface area (Å²) in [4.78, 5) is 4.62. The molecule has 76 valence electrons. The van der Waals surface area contributed by atoms with Crippen LogP contribution in [0.3, 0.4) is 0 Å². The summed E-state index contributed by atoms with van der Waals surface area (Å²) in [5, 5.41) is 3.37. The van der Waals surface area contributed by atoms with Gasteiger partial charge in [-0.15, -0.1) is 0 Å². The van der Waals surface area contributed by atoms with E-state index >= 15 is 0 Å². The fourth-order valence-electron chi connectivity index (χ4n) is 1.81. The van der Waals surface area contributed by atoms with E-state index in [0.717, 1.165) is 24.8 Å². The summed E-state index contributed by atoms with van der Waals surface area (Å²) in [5.41, 5.74) is 1.32. The molecule has 1 saturated heterocycles. The average molecular weight is 182 g/mol. The van der Waals surface area contributed by atoms with Crippen molar-refractivity contribution in [1.29, 1.82) is 0 Å². The van der Waals surface area contributed by atoms with Crippen LogP contribution in [-0.4, -0.2) is 25.3 Å². The number of aliphatic imine (C=N–C) groups is 1. The molecule has 0 bridgehead atoms. The Bertz CT molecular complexity index is 167. The molecule has 1 fully saturated rings. The van der Waals surface area contributed by atoms with Crippen molar-refractivity contribution in [2.75, 3.05) is 19.6 Å². The second kappa shape index (κ2) is 5.38. The molecule has 13 heavy (non-hydrogen) atoms. The number of nitrogens with one attached hydrogen (secondary N) is 1. The van der Waals surface area contributed by atoms with E-state index in [1.54, 1.807) is 0 Å². The second-order valence-corrected chi connectivity index (χ2v) is 4.53. The van der Waals surface area contributed by atoms with E-state index in [2.05, 4.69) is 31.1 Å². The van der Waals surface area contributed by atoms with Crippen molar-refractivity contribution in [3.63, 3.8) is 0 Å². The van der Waals surface area contributed by atoms with Gasteiger partial charge in [0.2, 0.25) is 0 Å². The van der Waals surface area contributed by atoms with E-state index in [9.17, 15) is 0 Å². The van der Waals surface area contributed by atoms with Gasteiger partial charge in [0.1, 0.15) is 0 Å². The lowest BCUT2D eigenvalue weighted by Gasteiger charge is -2.07. The lowest BCUT2D eigenvalue weighted by atomic mass is 10.1. The van der Waals surface area contributed by atoms with Crippen LogP contribution in [0.4, 0.5) is 0 Å². The summed E-state index contributed by atoms with van der Waals surface area (Å²) in [7, 11) is 0. The van der Waals surface area contributed by atoms with Crippen molar-refractivity contribution in [3.05, 3.63) is 0 Å². The minimum atomic E-state index is 0.741. The molecule has 1 rings (SSSR count). The highest BCUT2D eigenvalue weighted by Gasteiger charge is 2.13. The molecule has 1 N–H and O–H groups in total. The smallest absolute Gasteiger partial charge is 0.0429 e. The zero-order chi connectivity index (χ0) is 9.68. The van der Waals surface area contributed by atoms with Crippen LogP contribution in [0.5, 0.6) is 0 Å². The summed E-state index contributed by atoms with van der Waals surface area (Å²) < 4.78 is 0. The minimum absolute atomic E-state index is 0.741. The Balaban J connectivity index is 2.21. The van der Waals surface area contributed by atoms with Gasteiger partial charge in [0, 0.05) is 12.3 Å². The topological polar surface area (TPSA) is 24.4 Å². The standard InChI is InChI=1S/C11H22N2/c1-9(2)6-10(3)13-8-11-4-5-12-7-11/h9,11-12H,4-8H2,1-3H3/b13-10+/t11-/m1/s1. The van der Waals surface area contributed by atoms with Crippen LogP contribution in [0, 0.1) is 11.8 Å². The van der Waals surface area contributed by atoms with E-state index in [0.29, 0.717) is 0 Å². The molecule has 0 radical (unpaired) electrons. The van der Waals surface area contributed by atoms with Crippen molar-refractivity contribution >= 4 is 5.71 Å². The van der Waals surface area contributed by atoms with Gasteiger partial charge in [0.05, 0.1) is 0 Å². The fourth-order valence-corrected chi connectivity index (χ4v) is 1.81. The van der Waals surface area contributed by atoms with Crippen molar-refractivity contribution in [1.82, 2.24) is 5.32 Å². The summed E-state index contributed by atoms with van der Waals surface area (Å²) in [6, 6.07) is 0. The van der Waals surface area contributed by atoms with Crippen molar-refractivity contribution in [2.45, 2.75) is 33.6 Å². The molecule has 2 heteroatoms. The van der Waals surface area contributed by atoms with Gasteiger partial charge in [-0.1, -0.05) is 13.8 Å². The molecule has 1 atom stereocenters. The van der Waals surface area contributed by atoms with Gasteiger partial charge in [-0.3, -0.25) is 4.99 Å². The maximum absolute atomic E-state index is 4.62. The van der Waals surface area contributed by atoms with Crippen molar-refractivity contribution in [3.8, 4) is 0 Å². The third-order valence-electron chi connectivity index (χ3n) is 2.49. The monoisotopic (exact) mass is 182 g/mol. The molecule has 1 aliphatic heterocycles. The molecule has 0 saturated carbocycles. The highest BCUT2D eigenvalue weighted by molar-refractivity contribution is 5.82. The van der Waals surface area contributed by atoms with Crippen LogP contribution in [-0.2, 0) is 0 Å². The predicted molar refractivity (Wildman–Crippen MR) is 58.4 cm³/mol. The van der Waals surface area contributed by atoms with E-state index in [1.807, 2.05) is 0 Å². The Labute approximate surface area is 81.8 Å². The van der Waals surface area contributed by atoms with Gasteiger partial charge < -0.3 is 5.32 Å². The van der Waals surface area contributed by atoms with Gasteiger partial charge in [-0.05, 0) is 44.7 Å². The number of hydrogen-bond donors (Lipinski definition) is 1. The molecule has 0 aromatic rings. The second-order valence-electron chi connectivity index (χ2n) is 4.53. The van der Waals surface area contributed by atoms with Crippen LogP contribution >= 0.6 is 0 Å². The molecular weight excluding hydrogens is 160 g/mol. The molecule has 0 spiro atoms. The van der Waals surface area contributed by atoms with E-state index in [1.165, 1.54) is 25.2 Å². The van der Waals surface area contributed by atoms with Gasteiger partial charge in [-0.25, -0.2) is 0 Å². The maximum Gasteiger partial charge on any atom is 0.0429 e. The molecule has 0 unspecified atom stereocenters. The first kappa shape index (κ1) is 10.7. The maximum atomic E-state index is 4.62. The zero-order valence-electron chi connectivity index (χ0n) is 9.14. The van der Waals surface area contributed by atoms with Crippen LogP contribution in [0.25, 0.3) is 0 Å². The van der Waals surface area contributed by atoms with Crippen molar-refractivity contribution in [2.24, 2.45) is 16.8 Å². The molecule has 0 aromatic heterocycles. The number of rotatable bonds is 4. The summed E-state index contributed by atoms with van der Waals surface area (Å²) in [5.74, 6) is 1.53. The molecular formula is C11H22N2. The van der Waals surface area contributed by atoms with Crippen LogP contribution < -0.4 is 5.32 Å². The predicted octanol–water partition coefficient (Wildman–Crippen LogP) is 2.10. The van der Waals surface area contributed by atoms with E-state index < -0.39 is 0 Å². The summed E-state index contributed by atoms with van der Waals surface area (Å²) in [6.07, 6.45) is 2.46. The fraction of sp³-hybridized carbons (Fsp3) is 0.909. The number of nitrogens with zero attached hydrogens (tertiary/aromatic N) is 1. The lowest BCUT2D eigenvalue weighted by Crippen LogP contribution is -2.12. The average Bonchev–Trinajstić information content (AvgIpc) is 2.51. The van der Waals surface area contributed by atoms with Gasteiger partial charge >= 0.3 is 0 Å². The molecule has 0 aromatic carbocycles. The van der Waals surface area contributed by atoms with Crippen LogP contribution in [0.1, 0.15) is 33.6 Å². The van der Waals surface area contributed by atoms with Gasteiger partial charge in [0.25, 0.3) is 0 Å². The Morgan fingerprint density at radius 3 is 2.85 bits per heavy atom. The first-order chi connectivity index (χ1) is 6.18. The normalized spacial score (nSPS) is 24.3. The molecule has 1 heterocycles. The quantitative estimate of drug-likeness (QED) is 0.662. The Kier molecular flexibility index (Phi) is 4.43. The van der Waals surface area contributed by atoms with Crippen molar-refractivity contribution < 1.29 is 0 Å². The van der Waals surface area contributed by atoms with Crippen LogP contribution in [0.15, 0.2) is 4.99 Å². The molecule has 2 nitrogen and oxygen atoms in total. The first-order valence-electron chi connectivity index (χ1n) is 5.39. The highest BCUT2D eigenvalue weighted by Crippen LogP contribution is 2.08. The summed E-state index contributed by atoms with van der Waals surface area (Å²) >= 11 is 0. The number of hydrogen-bond acceptors (Lipinski definition) is 2. The Hall–Kier alpha value is -0.370. The first-order valence-corrected chi connectivity index (χ1v) is 5.39. The van der Waals surface area contributed by atoms with E-state index in [4.69, 9.17) is 0 Å². The molecule has 1 aliphatic rings. The van der Waals surface area contributed by atoms with Gasteiger partial charge in [0.15, 0.2) is 0 Å². The Morgan fingerprint density at radius 1 is 1.54 bits per heavy atom. The molecule has 0 aliphatic carbocycles. The third-order valence-corrected chi connectivity index (χ3v) is 2.49. The SMILES string of the molecule is C/C(CC(C)C)=N\C[C@@H]1CCNC1. The summed E-state index contributed by atoms with van der Waals surface area (Å²) in [6.45, 7) is 10.0. The third kappa shape index (κ3) is 4.41. The minimum Gasteiger partial charge on any atom is -0.316 e. The largest absolute Gasteiger partial charge is 0.316 e. The highest BCUT2D eigenvalue weighted by atomic mass is 14.9. The zero-order valence-corrected chi connectivity index (χ0v) is 9.14. The lowest BCUT2D eigenvalue weighted by molar-refractivity contribution is 0.593. The van der Waals surface area contributed by atoms with Crippen LogP contribution in [0.2, 0.25) is 0 Å². The molecule has 0 amide bonds.